The van der Waals surface area contributed by atoms with E-state index in [1.807, 2.05) is 0 Å². The van der Waals surface area contributed by atoms with Gasteiger partial charge in [0.2, 0.25) is 0 Å². The Morgan fingerprint density at radius 3 is 2.45 bits per heavy atom. The van der Waals surface area contributed by atoms with Gasteiger partial charge in [0.25, 0.3) is 0 Å². The molecule has 0 aromatic rings. The molecule has 1 heterocycles. The van der Waals surface area contributed by atoms with E-state index in [0.29, 0.717) is 5.54 Å². The summed E-state index contributed by atoms with van der Waals surface area (Å²) in [6.07, 6.45) is 4.08. The van der Waals surface area contributed by atoms with Crippen molar-refractivity contribution in [3.63, 3.8) is 0 Å². The van der Waals surface area contributed by atoms with Crippen molar-refractivity contribution in [3.05, 3.63) is 0 Å². The summed E-state index contributed by atoms with van der Waals surface area (Å²) in [5, 5.41) is 0. The van der Waals surface area contributed by atoms with Crippen molar-refractivity contribution in [2.75, 3.05) is 6.54 Å². The predicted octanol–water partition coefficient (Wildman–Crippen LogP) is 2.66. The third-order valence-corrected chi connectivity index (χ3v) is 3.09. The normalized spacial score (nSPS) is 38.7. The fraction of sp³-hybridized carbons (Fsp3) is 1.00. The van der Waals surface area contributed by atoms with Crippen LogP contribution >= 0.6 is 0 Å². The van der Waals surface area contributed by atoms with Crippen molar-refractivity contribution in [1.29, 1.82) is 0 Å². The van der Waals surface area contributed by atoms with Crippen LogP contribution in [-0.4, -0.2) is 23.0 Å². The molecule has 1 aliphatic rings. The summed E-state index contributed by atoms with van der Waals surface area (Å²) >= 11 is 0. The highest BCUT2D eigenvalue weighted by Crippen LogP contribution is 2.39. The van der Waals surface area contributed by atoms with Gasteiger partial charge >= 0.3 is 0 Å². The molecule has 1 heteroatoms. The molecule has 0 amide bonds. The van der Waals surface area contributed by atoms with Crippen LogP contribution in [0.2, 0.25) is 0 Å². The summed E-state index contributed by atoms with van der Waals surface area (Å²) in [6, 6.07) is 0.830. The smallest absolute Gasteiger partial charge is 0.0198 e. The Bertz CT molecular complexity index is 129. The zero-order chi connectivity index (χ0) is 8.48. The first-order valence-corrected chi connectivity index (χ1v) is 4.90. The largest absolute Gasteiger partial charge is 0.295 e. The molecule has 0 aromatic carbocycles. The highest BCUT2D eigenvalue weighted by atomic mass is 15.3. The molecule has 2 atom stereocenters. The van der Waals surface area contributed by atoms with Gasteiger partial charge in [0, 0.05) is 11.6 Å². The lowest BCUT2D eigenvalue weighted by molar-refractivity contribution is -0.0544. The van der Waals surface area contributed by atoms with Crippen molar-refractivity contribution in [2.24, 2.45) is 0 Å². The quantitative estimate of drug-likeness (QED) is 0.605. The molecule has 66 valence electrons. The van der Waals surface area contributed by atoms with Crippen LogP contribution in [0.4, 0.5) is 0 Å². The van der Waals surface area contributed by atoms with E-state index in [-0.39, 0.29) is 0 Å². The number of likely N-dealkylation sites (tertiary alicyclic amines) is 1. The summed E-state index contributed by atoms with van der Waals surface area (Å²) in [5.74, 6) is 0. The van der Waals surface area contributed by atoms with Crippen LogP contribution in [0.3, 0.4) is 0 Å². The fourth-order valence-corrected chi connectivity index (χ4v) is 2.76. The molecule has 1 rings (SSSR count). The van der Waals surface area contributed by atoms with Gasteiger partial charge in [0.05, 0.1) is 0 Å². The molecular weight excluding hydrogens is 134 g/mol. The maximum Gasteiger partial charge on any atom is 0.0198 e. The van der Waals surface area contributed by atoms with E-state index < -0.39 is 0 Å². The molecule has 1 nitrogen and oxygen atoms in total. The van der Waals surface area contributed by atoms with E-state index in [0.717, 1.165) is 6.04 Å². The molecule has 0 N–H and O–H groups in total. The molecular formula is C10H21N. The highest BCUT2D eigenvalue weighted by Gasteiger charge is 2.43. The second-order valence-electron chi connectivity index (χ2n) is 4.09. The maximum absolute atomic E-state index is 2.62. The first-order chi connectivity index (χ1) is 5.14. The van der Waals surface area contributed by atoms with E-state index in [4.69, 9.17) is 0 Å². The Morgan fingerprint density at radius 2 is 2.09 bits per heavy atom. The summed E-state index contributed by atoms with van der Waals surface area (Å²) in [6.45, 7) is 10.5. The molecule has 11 heavy (non-hydrogen) atoms. The van der Waals surface area contributed by atoms with E-state index in [2.05, 4.69) is 32.6 Å². The Balaban J connectivity index is 2.47. The number of nitrogens with zero attached hydrogens (tertiary/aromatic N) is 1. The van der Waals surface area contributed by atoms with Crippen LogP contribution < -0.4 is 0 Å². The first-order valence-electron chi connectivity index (χ1n) is 4.90. The molecule has 0 spiro atoms. The van der Waals surface area contributed by atoms with E-state index >= 15 is 0 Å². The highest BCUT2D eigenvalue weighted by molar-refractivity contribution is 5.00. The molecule has 1 aliphatic heterocycles. The van der Waals surface area contributed by atoms with Gasteiger partial charge in [-0.05, 0) is 33.2 Å². The molecule has 0 aromatic heterocycles. The van der Waals surface area contributed by atoms with Crippen LogP contribution in [0.1, 0.15) is 47.0 Å². The summed E-state index contributed by atoms with van der Waals surface area (Å²) in [7, 11) is 0. The molecule has 2 unspecified atom stereocenters. The number of hydrogen-bond acceptors (Lipinski definition) is 1. The SMILES string of the molecule is CCCC1(C)CC(C)N1CC. The summed E-state index contributed by atoms with van der Waals surface area (Å²) in [4.78, 5) is 2.62. The summed E-state index contributed by atoms with van der Waals surface area (Å²) in [5.41, 5.74) is 0.545. The second kappa shape index (κ2) is 3.14. The van der Waals surface area contributed by atoms with Crippen molar-refractivity contribution < 1.29 is 0 Å². The van der Waals surface area contributed by atoms with Gasteiger partial charge in [0.1, 0.15) is 0 Å². The standard InChI is InChI=1S/C10H21N/c1-5-7-10(4)8-9(3)11(10)6-2/h9H,5-8H2,1-4H3. The zero-order valence-corrected chi connectivity index (χ0v) is 8.35. The average molecular weight is 155 g/mol. The van der Waals surface area contributed by atoms with Gasteiger partial charge in [0.15, 0.2) is 0 Å². The average Bonchev–Trinajstić information content (AvgIpc) is 1.87. The third kappa shape index (κ3) is 1.44. The van der Waals surface area contributed by atoms with Gasteiger partial charge in [-0.1, -0.05) is 20.3 Å². The molecule has 0 bridgehead atoms. The molecule has 0 radical (unpaired) electrons. The molecule has 0 aliphatic carbocycles. The zero-order valence-electron chi connectivity index (χ0n) is 8.35. The van der Waals surface area contributed by atoms with Gasteiger partial charge in [-0.15, -0.1) is 0 Å². The Labute approximate surface area is 70.8 Å². The predicted molar refractivity (Wildman–Crippen MR) is 49.8 cm³/mol. The minimum absolute atomic E-state index is 0.545. The molecule has 0 saturated carbocycles. The second-order valence-corrected chi connectivity index (χ2v) is 4.09. The molecule has 1 fully saturated rings. The Morgan fingerprint density at radius 1 is 1.45 bits per heavy atom. The lowest BCUT2D eigenvalue weighted by Gasteiger charge is -2.56. The van der Waals surface area contributed by atoms with E-state index in [1.54, 1.807) is 0 Å². The van der Waals surface area contributed by atoms with Gasteiger partial charge < -0.3 is 0 Å². The lowest BCUT2D eigenvalue weighted by atomic mass is 9.77. The minimum Gasteiger partial charge on any atom is -0.295 e. The topological polar surface area (TPSA) is 3.24 Å². The van der Waals surface area contributed by atoms with Crippen molar-refractivity contribution in [2.45, 2.75) is 58.5 Å². The van der Waals surface area contributed by atoms with Crippen LogP contribution in [0.15, 0.2) is 0 Å². The number of rotatable bonds is 3. The summed E-state index contributed by atoms with van der Waals surface area (Å²) < 4.78 is 0. The van der Waals surface area contributed by atoms with Crippen molar-refractivity contribution in [3.8, 4) is 0 Å². The first kappa shape index (κ1) is 9.05. The Kier molecular flexibility index (Phi) is 2.58. The van der Waals surface area contributed by atoms with E-state index in [9.17, 15) is 0 Å². The van der Waals surface area contributed by atoms with Crippen molar-refractivity contribution >= 4 is 0 Å². The molecule has 1 saturated heterocycles. The van der Waals surface area contributed by atoms with Crippen molar-refractivity contribution in [1.82, 2.24) is 4.90 Å². The Hall–Kier alpha value is -0.0400. The van der Waals surface area contributed by atoms with Gasteiger partial charge in [-0.3, -0.25) is 4.90 Å². The third-order valence-electron chi connectivity index (χ3n) is 3.09. The minimum atomic E-state index is 0.545. The van der Waals surface area contributed by atoms with Crippen LogP contribution in [0, 0.1) is 0 Å². The van der Waals surface area contributed by atoms with Gasteiger partial charge in [-0.25, -0.2) is 0 Å². The van der Waals surface area contributed by atoms with E-state index in [1.165, 1.54) is 25.8 Å². The van der Waals surface area contributed by atoms with Crippen LogP contribution in [-0.2, 0) is 0 Å². The fourth-order valence-electron chi connectivity index (χ4n) is 2.76. The number of hydrogen-bond donors (Lipinski definition) is 0. The van der Waals surface area contributed by atoms with Gasteiger partial charge in [-0.2, -0.15) is 0 Å². The van der Waals surface area contributed by atoms with Crippen LogP contribution in [0.25, 0.3) is 0 Å². The van der Waals surface area contributed by atoms with Crippen LogP contribution in [0.5, 0.6) is 0 Å². The lowest BCUT2D eigenvalue weighted by Crippen LogP contribution is -2.62. The monoisotopic (exact) mass is 155 g/mol. The maximum atomic E-state index is 2.62.